The Morgan fingerprint density at radius 2 is 2.22 bits per heavy atom. The molecule has 0 aliphatic heterocycles. The monoisotopic (exact) mass is 143 g/mol. The number of nitrogens with zero attached hydrogens (tertiary/aromatic N) is 2. The molecule has 9 heavy (non-hydrogen) atoms. The van der Waals surface area contributed by atoms with Crippen LogP contribution in [0.25, 0.3) is 0 Å². The van der Waals surface area contributed by atoms with Gasteiger partial charge < -0.3 is 5.73 Å². The molecule has 0 radical (unpaired) electrons. The molecule has 0 bridgehead atoms. The fourth-order valence-corrected chi connectivity index (χ4v) is 0.586. The summed E-state index contributed by atoms with van der Waals surface area (Å²) in [6, 6.07) is 1.68. The minimum absolute atomic E-state index is 0.264. The first-order chi connectivity index (χ1) is 4.20. The average molecular weight is 144 g/mol. The van der Waals surface area contributed by atoms with Crippen LogP contribution in [0.4, 0.5) is 5.69 Å². The molecule has 0 amide bonds. The van der Waals surface area contributed by atoms with E-state index in [0.29, 0.717) is 5.69 Å². The van der Waals surface area contributed by atoms with Crippen LogP contribution in [0.1, 0.15) is 5.69 Å². The van der Waals surface area contributed by atoms with Gasteiger partial charge in [-0.25, -0.2) is 0 Å². The lowest BCUT2D eigenvalue weighted by atomic mass is 10.4. The lowest BCUT2D eigenvalue weighted by Crippen LogP contribution is -1.93. The Kier molecular flexibility index (Phi) is 1.53. The molecule has 48 valence electrons. The molecule has 1 rings (SSSR count). The number of rotatable bonds is 0. The first-order valence-corrected chi connectivity index (χ1v) is 2.83. The van der Waals surface area contributed by atoms with Gasteiger partial charge in [-0.2, -0.15) is 5.10 Å². The van der Waals surface area contributed by atoms with E-state index >= 15 is 0 Å². The van der Waals surface area contributed by atoms with Gasteiger partial charge in [0.25, 0.3) is 0 Å². The Morgan fingerprint density at radius 1 is 1.56 bits per heavy atom. The number of nitrogen functional groups attached to an aromatic ring is 1. The van der Waals surface area contributed by atoms with Crippen LogP contribution in [-0.4, -0.2) is 10.2 Å². The second-order valence-corrected chi connectivity index (χ2v) is 2.09. The third-order valence-electron chi connectivity index (χ3n) is 0.898. The van der Waals surface area contributed by atoms with Crippen molar-refractivity contribution in [1.82, 2.24) is 10.2 Å². The van der Waals surface area contributed by atoms with Gasteiger partial charge in [-0.1, -0.05) is 11.6 Å². The van der Waals surface area contributed by atoms with Gasteiger partial charge in [-0.3, -0.25) is 0 Å². The molecule has 1 heterocycles. The summed E-state index contributed by atoms with van der Waals surface area (Å²) in [5, 5.41) is 7.51. The van der Waals surface area contributed by atoms with Crippen LogP contribution in [0.2, 0.25) is 5.15 Å². The van der Waals surface area contributed by atoms with E-state index in [2.05, 4.69) is 10.2 Å². The molecule has 4 heteroatoms. The predicted molar refractivity (Wildman–Crippen MR) is 36.2 cm³/mol. The summed E-state index contributed by atoms with van der Waals surface area (Å²) in [5.74, 6) is 0. The number of aryl methyl sites for hydroxylation is 1. The Balaban J connectivity index is 3.17. The van der Waals surface area contributed by atoms with E-state index in [1.54, 1.807) is 13.0 Å². The number of aromatic nitrogens is 2. The molecule has 0 spiro atoms. The highest BCUT2D eigenvalue weighted by atomic mass is 35.5. The molecule has 0 unspecified atom stereocenters. The highest BCUT2D eigenvalue weighted by molar-refractivity contribution is 6.31. The summed E-state index contributed by atoms with van der Waals surface area (Å²) in [6.45, 7) is 1.81. The normalized spacial score (nSPS) is 9.56. The van der Waals surface area contributed by atoms with Crippen LogP contribution in [0.15, 0.2) is 6.07 Å². The Morgan fingerprint density at radius 3 is 2.67 bits per heavy atom. The third-order valence-corrected chi connectivity index (χ3v) is 1.19. The van der Waals surface area contributed by atoms with Crippen LogP contribution in [0.5, 0.6) is 0 Å². The Bertz CT molecular complexity index is 223. The minimum Gasteiger partial charge on any atom is -0.396 e. The smallest absolute Gasteiger partial charge is 0.174 e. The van der Waals surface area contributed by atoms with Crippen molar-refractivity contribution in [3.8, 4) is 0 Å². The van der Waals surface area contributed by atoms with Crippen LogP contribution in [0, 0.1) is 6.92 Å². The maximum absolute atomic E-state index is 5.48. The molecule has 2 N–H and O–H groups in total. The van der Waals surface area contributed by atoms with Crippen molar-refractivity contribution in [2.24, 2.45) is 0 Å². The van der Waals surface area contributed by atoms with Crippen molar-refractivity contribution >= 4 is 17.3 Å². The second-order valence-electron chi connectivity index (χ2n) is 1.73. The zero-order valence-corrected chi connectivity index (χ0v) is 5.68. The third kappa shape index (κ3) is 1.29. The quantitative estimate of drug-likeness (QED) is 0.590. The molecular weight excluding hydrogens is 138 g/mol. The van der Waals surface area contributed by atoms with Crippen LogP contribution >= 0.6 is 11.6 Å². The SMILES string of the molecule is Cc1cc(N)c(Cl)nn1. The minimum atomic E-state index is 0.264. The predicted octanol–water partition coefficient (Wildman–Crippen LogP) is 1.02. The van der Waals surface area contributed by atoms with E-state index in [1.807, 2.05) is 0 Å². The number of nitrogens with two attached hydrogens (primary N) is 1. The molecule has 0 saturated carbocycles. The Labute approximate surface area is 57.8 Å². The molecule has 0 aliphatic rings. The van der Waals surface area contributed by atoms with E-state index in [1.165, 1.54) is 0 Å². The van der Waals surface area contributed by atoms with Crippen molar-refractivity contribution in [3.63, 3.8) is 0 Å². The first kappa shape index (κ1) is 6.29. The maximum atomic E-state index is 5.48. The summed E-state index contributed by atoms with van der Waals surface area (Å²) in [5.41, 5.74) is 6.64. The van der Waals surface area contributed by atoms with Gasteiger partial charge in [-0.15, -0.1) is 5.10 Å². The van der Waals surface area contributed by atoms with Gasteiger partial charge in [0.15, 0.2) is 5.15 Å². The summed E-state index contributed by atoms with van der Waals surface area (Å²) in [7, 11) is 0. The Hall–Kier alpha value is -0.830. The lowest BCUT2D eigenvalue weighted by Gasteiger charge is -1.93. The first-order valence-electron chi connectivity index (χ1n) is 2.45. The van der Waals surface area contributed by atoms with Gasteiger partial charge in [0.1, 0.15) is 0 Å². The summed E-state index contributed by atoms with van der Waals surface area (Å²) in [4.78, 5) is 0. The van der Waals surface area contributed by atoms with Gasteiger partial charge in [0.05, 0.1) is 11.4 Å². The molecule has 0 atom stereocenters. The van der Waals surface area contributed by atoms with Crippen molar-refractivity contribution in [3.05, 3.63) is 16.9 Å². The molecule has 1 aromatic heterocycles. The van der Waals surface area contributed by atoms with Gasteiger partial charge >= 0.3 is 0 Å². The largest absolute Gasteiger partial charge is 0.396 e. The standard InChI is InChI=1S/C5H6ClN3/c1-3-2-4(7)5(6)9-8-3/h2H,1H3,(H2,7,8). The lowest BCUT2D eigenvalue weighted by molar-refractivity contribution is 0.984. The van der Waals surface area contributed by atoms with Crippen LogP contribution in [-0.2, 0) is 0 Å². The van der Waals surface area contributed by atoms with E-state index in [4.69, 9.17) is 17.3 Å². The van der Waals surface area contributed by atoms with Crippen molar-refractivity contribution in [2.45, 2.75) is 6.92 Å². The number of halogens is 1. The fourth-order valence-electron chi connectivity index (χ4n) is 0.494. The zero-order valence-electron chi connectivity index (χ0n) is 4.93. The van der Waals surface area contributed by atoms with E-state index < -0.39 is 0 Å². The van der Waals surface area contributed by atoms with Crippen molar-refractivity contribution < 1.29 is 0 Å². The molecule has 0 aliphatic carbocycles. The molecule has 0 aromatic carbocycles. The topological polar surface area (TPSA) is 51.8 Å². The van der Waals surface area contributed by atoms with E-state index in [0.717, 1.165) is 5.69 Å². The van der Waals surface area contributed by atoms with Gasteiger partial charge in [0, 0.05) is 0 Å². The highest BCUT2D eigenvalue weighted by Gasteiger charge is 1.95. The van der Waals surface area contributed by atoms with Crippen molar-refractivity contribution in [1.29, 1.82) is 0 Å². The summed E-state index contributed by atoms with van der Waals surface area (Å²) in [6.07, 6.45) is 0. The molecular formula is C5H6ClN3. The maximum Gasteiger partial charge on any atom is 0.174 e. The summed E-state index contributed by atoms with van der Waals surface area (Å²) >= 11 is 5.48. The molecule has 1 aromatic rings. The zero-order chi connectivity index (χ0) is 6.85. The second kappa shape index (κ2) is 2.19. The van der Waals surface area contributed by atoms with E-state index in [9.17, 15) is 0 Å². The van der Waals surface area contributed by atoms with Crippen molar-refractivity contribution in [2.75, 3.05) is 5.73 Å². The fraction of sp³-hybridized carbons (Fsp3) is 0.200. The molecule has 0 fully saturated rings. The number of hydrogen-bond donors (Lipinski definition) is 1. The highest BCUT2D eigenvalue weighted by Crippen LogP contribution is 2.12. The van der Waals surface area contributed by atoms with Crippen LogP contribution in [0.3, 0.4) is 0 Å². The molecule has 0 saturated heterocycles. The average Bonchev–Trinajstić information content (AvgIpc) is 1.80. The van der Waals surface area contributed by atoms with Crippen LogP contribution < -0.4 is 5.73 Å². The summed E-state index contributed by atoms with van der Waals surface area (Å²) < 4.78 is 0. The van der Waals surface area contributed by atoms with E-state index in [-0.39, 0.29) is 5.15 Å². The number of hydrogen-bond acceptors (Lipinski definition) is 3. The van der Waals surface area contributed by atoms with Gasteiger partial charge in [0.2, 0.25) is 0 Å². The number of anilines is 1. The van der Waals surface area contributed by atoms with Gasteiger partial charge in [-0.05, 0) is 13.0 Å². The molecule has 3 nitrogen and oxygen atoms in total.